The van der Waals surface area contributed by atoms with Gasteiger partial charge in [-0.05, 0) is 32.1 Å². The first-order valence-electron chi connectivity index (χ1n) is 8.75. The van der Waals surface area contributed by atoms with Crippen LogP contribution < -0.4 is 5.32 Å². The van der Waals surface area contributed by atoms with Gasteiger partial charge in [-0.3, -0.25) is 9.59 Å². The van der Waals surface area contributed by atoms with Gasteiger partial charge in [-0.1, -0.05) is 19.3 Å². The Bertz CT molecular complexity index is 380. The number of carbonyl (C=O) groups excluding carboxylic acids is 2. The maximum absolute atomic E-state index is 11.8. The number of nitrogens with one attached hydrogen (secondary N) is 1. The zero-order valence-corrected chi connectivity index (χ0v) is 14.0. The molecular weight excluding hydrogens is 280 g/mol. The van der Waals surface area contributed by atoms with Crippen LogP contribution in [0.25, 0.3) is 0 Å². The third-order valence-electron chi connectivity index (χ3n) is 4.82. The molecule has 2 rings (SSSR count). The molecule has 1 saturated carbocycles. The van der Waals surface area contributed by atoms with E-state index in [9.17, 15) is 9.59 Å². The predicted molar refractivity (Wildman–Crippen MR) is 85.4 cm³/mol. The number of carbonyl (C=O) groups is 2. The van der Waals surface area contributed by atoms with Gasteiger partial charge in [-0.15, -0.1) is 0 Å². The second kappa shape index (κ2) is 8.51. The average molecular weight is 310 g/mol. The van der Waals surface area contributed by atoms with Crippen molar-refractivity contribution in [2.24, 2.45) is 5.92 Å². The number of likely N-dealkylation sites (tertiary alicyclic amines) is 1. The lowest BCUT2D eigenvalue weighted by Gasteiger charge is -2.39. The van der Waals surface area contributed by atoms with Gasteiger partial charge >= 0.3 is 5.97 Å². The highest BCUT2D eigenvalue weighted by Crippen LogP contribution is 2.24. The first-order valence-corrected chi connectivity index (χ1v) is 8.75. The Kier molecular flexibility index (Phi) is 6.68. The largest absolute Gasteiger partial charge is 0.466 e. The third kappa shape index (κ3) is 5.27. The Morgan fingerprint density at radius 2 is 1.86 bits per heavy atom. The van der Waals surface area contributed by atoms with E-state index in [0.717, 1.165) is 13.0 Å². The number of hydrogen-bond acceptors (Lipinski definition) is 4. The standard InChI is InChI=1S/C17H30N2O3/c1-3-22-17(21)10-14-9-16(12-19(11-14)13(2)20)18-15-7-5-4-6-8-15/h14-16,18H,3-12H2,1-2H3. The number of amides is 1. The fraction of sp³-hybridized carbons (Fsp3) is 0.882. The summed E-state index contributed by atoms with van der Waals surface area (Å²) in [6, 6.07) is 0.883. The van der Waals surface area contributed by atoms with Crippen molar-refractivity contribution in [3.05, 3.63) is 0 Å². The number of esters is 1. The maximum Gasteiger partial charge on any atom is 0.306 e. The first kappa shape index (κ1) is 17.3. The number of hydrogen-bond donors (Lipinski definition) is 1. The van der Waals surface area contributed by atoms with Gasteiger partial charge in [-0.25, -0.2) is 0 Å². The zero-order chi connectivity index (χ0) is 15.9. The van der Waals surface area contributed by atoms with E-state index in [4.69, 9.17) is 4.74 Å². The molecule has 0 aromatic rings. The van der Waals surface area contributed by atoms with E-state index in [1.165, 1.54) is 32.1 Å². The molecule has 2 atom stereocenters. The van der Waals surface area contributed by atoms with Crippen LogP contribution in [0.4, 0.5) is 0 Å². The van der Waals surface area contributed by atoms with Crippen LogP contribution in [-0.4, -0.2) is 48.6 Å². The van der Waals surface area contributed by atoms with Crippen molar-refractivity contribution in [1.82, 2.24) is 10.2 Å². The molecule has 1 saturated heterocycles. The van der Waals surface area contributed by atoms with Gasteiger partial charge in [0, 0.05) is 32.1 Å². The smallest absolute Gasteiger partial charge is 0.306 e. The molecule has 1 amide bonds. The molecule has 22 heavy (non-hydrogen) atoms. The van der Waals surface area contributed by atoms with Gasteiger partial charge < -0.3 is 15.0 Å². The Morgan fingerprint density at radius 1 is 1.14 bits per heavy atom. The molecule has 126 valence electrons. The summed E-state index contributed by atoms with van der Waals surface area (Å²) in [7, 11) is 0. The maximum atomic E-state index is 11.8. The van der Waals surface area contributed by atoms with Gasteiger partial charge in [0.15, 0.2) is 0 Å². The Hall–Kier alpha value is -1.10. The summed E-state index contributed by atoms with van der Waals surface area (Å²) in [5, 5.41) is 3.73. The third-order valence-corrected chi connectivity index (χ3v) is 4.82. The van der Waals surface area contributed by atoms with Crippen molar-refractivity contribution in [2.75, 3.05) is 19.7 Å². The van der Waals surface area contributed by atoms with Gasteiger partial charge in [0.1, 0.15) is 0 Å². The summed E-state index contributed by atoms with van der Waals surface area (Å²) in [4.78, 5) is 25.4. The molecule has 0 aromatic heterocycles. The van der Waals surface area contributed by atoms with Crippen molar-refractivity contribution in [2.45, 2.75) is 70.9 Å². The highest BCUT2D eigenvalue weighted by molar-refractivity contribution is 5.74. The lowest BCUT2D eigenvalue weighted by Crippen LogP contribution is -2.53. The Balaban J connectivity index is 1.90. The summed E-state index contributed by atoms with van der Waals surface area (Å²) < 4.78 is 5.06. The van der Waals surface area contributed by atoms with Gasteiger partial charge in [0.2, 0.25) is 5.91 Å². The molecule has 0 aromatic carbocycles. The minimum atomic E-state index is -0.144. The molecule has 0 radical (unpaired) electrons. The number of ether oxygens (including phenoxy) is 1. The molecule has 5 heteroatoms. The number of nitrogens with zero attached hydrogens (tertiary/aromatic N) is 1. The second-order valence-electron chi connectivity index (χ2n) is 6.73. The normalized spacial score (nSPS) is 26.7. The number of piperidine rings is 1. The van der Waals surface area contributed by atoms with Crippen LogP contribution in [0.1, 0.15) is 58.8 Å². The van der Waals surface area contributed by atoms with E-state index in [-0.39, 0.29) is 17.8 Å². The summed E-state index contributed by atoms with van der Waals surface area (Å²) in [6.45, 7) is 5.31. The molecule has 0 spiro atoms. The van der Waals surface area contributed by atoms with Crippen LogP contribution in [0.15, 0.2) is 0 Å². The van der Waals surface area contributed by atoms with Crippen molar-refractivity contribution in [1.29, 1.82) is 0 Å². The van der Waals surface area contributed by atoms with Crippen molar-refractivity contribution in [3.8, 4) is 0 Å². The van der Waals surface area contributed by atoms with Crippen molar-refractivity contribution >= 4 is 11.9 Å². The van der Waals surface area contributed by atoms with Crippen molar-refractivity contribution in [3.63, 3.8) is 0 Å². The lowest BCUT2D eigenvalue weighted by atomic mass is 9.89. The lowest BCUT2D eigenvalue weighted by molar-refractivity contribution is -0.145. The highest BCUT2D eigenvalue weighted by atomic mass is 16.5. The van der Waals surface area contributed by atoms with E-state index >= 15 is 0 Å². The number of rotatable bonds is 5. The summed E-state index contributed by atoms with van der Waals surface area (Å²) in [5.74, 6) is 0.163. The van der Waals surface area contributed by atoms with Crippen LogP contribution in [-0.2, 0) is 14.3 Å². The molecule has 1 heterocycles. The second-order valence-corrected chi connectivity index (χ2v) is 6.73. The molecule has 1 aliphatic heterocycles. The quantitative estimate of drug-likeness (QED) is 0.790. The molecule has 2 unspecified atom stereocenters. The van der Waals surface area contributed by atoms with Gasteiger partial charge in [-0.2, -0.15) is 0 Å². The fourth-order valence-corrected chi connectivity index (χ4v) is 3.79. The summed E-state index contributed by atoms with van der Waals surface area (Å²) >= 11 is 0. The van der Waals surface area contributed by atoms with Crippen LogP contribution in [0, 0.1) is 5.92 Å². The van der Waals surface area contributed by atoms with Gasteiger partial charge in [0.05, 0.1) is 13.0 Å². The molecule has 1 N–H and O–H groups in total. The first-order chi connectivity index (χ1) is 10.6. The fourth-order valence-electron chi connectivity index (χ4n) is 3.79. The molecule has 2 fully saturated rings. The van der Waals surface area contributed by atoms with E-state index in [1.54, 1.807) is 6.92 Å². The average Bonchev–Trinajstić information content (AvgIpc) is 2.48. The van der Waals surface area contributed by atoms with Crippen LogP contribution >= 0.6 is 0 Å². The molecule has 5 nitrogen and oxygen atoms in total. The minimum Gasteiger partial charge on any atom is -0.466 e. The SMILES string of the molecule is CCOC(=O)CC1CC(NC2CCCCC2)CN(C(C)=O)C1. The van der Waals surface area contributed by atoms with Crippen molar-refractivity contribution < 1.29 is 14.3 Å². The minimum absolute atomic E-state index is 0.101. The highest BCUT2D eigenvalue weighted by Gasteiger charge is 2.31. The van der Waals surface area contributed by atoms with Crippen LogP contribution in [0.3, 0.4) is 0 Å². The monoisotopic (exact) mass is 310 g/mol. The Morgan fingerprint density at radius 3 is 2.50 bits per heavy atom. The topological polar surface area (TPSA) is 58.6 Å². The summed E-state index contributed by atoms with van der Waals surface area (Å²) in [6.07, 6.45) is 7.78. The van der Waals surface area contributed by atoms with E-state index in [2.05, 4.69) is 5.32 Å². The Labute approximate surface area is 133 Å². The van der Waals surface area contributed by atoms with Gasteiger partial charge in [0.25, 0.3) is 0 Å². The molecule has 2 aliphatic rings. The predicted octanol–water partition coefficient (Wildman–Crippen LogP) is 2.10. The van der Waals surface area contributed by atoms with E-state index in [1.807, 2.05) is 11.8 Å². The van der Waals surface area contributed by atoms with E-state index in [0.29, 0.717) is 31.7 Å². The van der Waals surface area contributed by atoms with Crippen LogP contribution in [0.5, 0.6) is 0 Å². The molecule has 0 bridgehead atoms. The molecular formula is C17H30N2O3. The molecule has 1 aliphatic carbocycles. The zero-order valence-electron chi connectivity index (χ0n) is 14.0. The van der Waals surface area contributed by atoms with Crippen LogP contribution in [0.2, 0.25) is 0 Å². The summed E-state index contributed by atoms with van der Waals surface area (Å²) in [5.41, 5.74) is 0. The van der Waals surface area contributed by atoms with E-state index < -0.39 is 0 Å².